The lowest BCUT2D eigenvalue weighted by Crippen LogP contribution is -2.47. The lowest BCUT2D eigenvalue weighted by Gasteiger charge is -2.44. The third-order valence-corrected chi connectivity index (χ3v) is 8.58. The van der Waals surface area contributed by atoms with Crippen molar-refractivity contribution in [3.63, 3.8) is 0 Å². The SMILES string of the molecule is CC[C@H](C)NC(=O)c1ccc(N2C[C@H]3C[C@@H](C2)c2cccc(=O)n2C3)c(NC(=O)c2ccc(N(CC)CC)cc2)c1. The fraction of sp³-hybridized carbons (Fsp3) is 0.424. The summed E-state index contributed by atoms with van der Waals surface area (Å²) in [7, 11) is 0. The largest absolute Gasteiger partial charge is 0.372 e. The Morgan fingerprint density at radius 1 is 0.927 bits per heavy atom. The fourth-order valence-electron chi connectivity index (χ4n) is 6.16. The Balaban J connectivity index is 1.45. The second-order valence-corrected chi connectivity index (χ2v) is 11.3. The number of benzene rings is 2. The number of hydrogen-bond acceptors (Lipinski definition) is 5. The first-order valence-electron chi connectivity index (χ1n) is 14.9. The van der Waals surface area contributed by atoms with E-state index in [1.807, 2.05) is 60.9 Å². The molecule has 2 aromatic carbocycles. The summed E-state index contributed by atoms with van der Waals surface area (Å²) in [6.07, 6.45) is 1.87. The average Bonchev–Trinajstić information content (AvgIpc) is 2.98. The van der Waals surface area contributed by atoms with Gasteiger partial charge in [0.05, 0.1) is 11.4 Å². The van der Waals surface area contributed by atoms with Gasteiger partial charge in [0.2, 0.25) is 0 Å². The Hall–Kier alpha value is -4.07. The van der Waals surface area contributed by atoms with Crippen LogP contribution in [0.25, 0.3) is 0 Å². The summed E-state index contributed by atoms with van der Waals surface area (Å²) in [5, 5.41) is 6.16. The summed E-state index contributed by atoms with van der Waals surface area (Å²) >= 11 is 0. The molecule has 3 heterocycles. The number of piperidine rings is 1. The summed E-state index contributed by atoms with van der Waals surface area (Å²) in [6.45, 7) is 12.2. The highest BCUT2D eigenvalue weighted by atomic mass is 16.2. The number of nitrogens with one attached hydrogen (secondary N) is 2. The molecule has 0 aliphatic carbocycles. The molecule has 2 aliphatic rings. The number of rotatable bonds is 9. The second kappa shape index (κ2) is 12.2. The highest BCUT2D eigenvalue weighted by molar-refractivity contribution is 6.07. The Morgan fingerprint density at radius 3 is 2.37 bits per heavy atom. The summed E-state index contributed by atoms with van der Waals surface area (Å²) in [6, 6.07) is 18.8. The lowest BCUT2D eigenvalue weighted by molar-refractivity contribution is 0.0938. The summed E-state index contributed by atoms with van der Waals surface area (Å²) < 4.78 is 1.92. The maximum atomic E-state index is 13.5. The number of aromatic nitrogens is 1. The van der Waals surface area contributed by atoms with Gasteiger partial charge >= 0.3 is 0 Å². The maximum Gasteiger partial charge on any atom is 0.255 e. The molecule has 1 fully saturated rings. The number of hydrogen-bond donors (Lipinski definition) is 2. The molecule has 41 heavy (non-hydrogen) atoms. The fourth-order valence-corrected chi connectivity index (χ4v) is 6.16. The van der Waals surface area contributed by atoms with E-state index < -0.39 is 0 Å². The summed E-state index contributed by atoms with van der Waals surface area (Å²) in [5.41, 5.74) is 4.78. The predicted molar refractivity (Wildman–Crippen MR) is 165 cm³/mol. The third-order valence-electron chi connectivity index (χ3n) is 8.58. The van der Waals surface area contributed by atoms with Crippen LogP contribution in [0.15, 0.2) is 65.5 Å². The number of pyridine rings is 1. The minimum Gasteiger partial charge on any atom is -0.372 e. The van der Waals surface area contributed by atoms with Gasteiger partial charge in [-0.05, 0) is 88.1 Å². The van der Waals surface area contributed by atoms with Crippen molar-refractivity contribution in [3.8, 4) is 0 Å². The molecule has 8 heteroatoms. The normalized spacial score (nSPS) is 18.3. The Labute approximate surface area is 242 Å². The first-order chi connectivity index (χ1) is 19.8. The van der Waals surface area contributed by atoms with E-state index in [2.05, 4.69) is 40.3 Å². The molecule has 2 amide bonds. The minimum absolute atomic E-state index is 0.0504. The van der Waals surface area contributed by atoms with E-state index in [1.54, 1.807) is 12.1 Å². The first-order valence-corrected chi connectivity index (χ1v) is 14.9. The quantitative estimate of drug-likeness (QED) is 0.384. The average molecular weight is 556 g/mol. The topological polar surface area (TPSA) is 86.7 Å². The van der Waals surface area contributed by atoms with Crippen molar-refractivity contribution < 1.29 is 9.59 Å². The lowest BCUT2D eigenvalue weighted by atomic mass is 9.83. The molecule has 216 valence electrons. The van der Waals surface area contributed by atoms with Crippen molar-refractivity contribution in [2.24, 2.45) is 5.92 Å². The molecule has 3 aromatic rings. The zero-order valence-electron chi connectivity index (χ0n) is 24.5. The van der Waals surface area contributed by atoms with Crippen molar-refractivity contribution in [1.29, 1.82) is 0 Å². The number of carbonyl (C=O) groups is 2. The van der Waals surface area contributed by atoms with Gasteiger partial charge in [-0.3, -0.25) is 14.4 Å². The molecule has 0 unspecified atom stereocenters. The van der Waals surface area contributed by atoms with Gasteiger partial charge in [0.15, 0.2) is 0 Å². The van der Waals surface area contributed by atoms with E-state index in [9.17, 15) is 14.4 Å². The predicted octanol–water partition coefficient (Wildman–Crippen LogP) is 5.10. The molecule has 5 rings (SSSR count). The number of anilines is 3. The van der Waals surface area contributed by atoms with Crippen molar-refractivity contribution in [2.75, 3.05) is 41.3 Å². The van der Waals surface area contributed by atoms with E-state index in [4.69, 9.17) is 0 Å². The number of amides is 2. The molecular weight excluding hydrogens is 514 g/mol. The van der Waals surface area contributed by atoms with Gasteiger partial charge in [0.25, 0.3) is 17.4 Å². The maximum absolute atomic E-state index is 13.5. The van der Waals surface area contributed by atoms with Crippen LogP contribution in [0.2, 0.25) is 0 Å². The van der Waals surface area contributed by atoms with Crippen LogP contribution in [-0.2, 0) is 6.54 Å². The van der Waals surface area contributed by atoms with Gasteiger partial charge in [-0.25, -0.2) is 0 Å². The molecule has 2 N–H and O–H groups in total. The van der Waals surface area contributed by atoms with E-state index >= 15 is 0 Å². The van der Waals surface area contributed by atoms with Crippen molar-refractivity contribution in [3.05, 3.63) is 87.8 Å². The van der Waals surface area contributed by atoms with Crippen LogP contribution in [0.1, 0.15) is 72.9 Å². The zero-order chi connectivity index (χ0) is 29.1. The van der Waals surface area contributed by atoms with Crippen LogP contribution in [-0.4, -0.2) is 48.6 Å². The van der Waals surface area contributed by atoms with Crippen molar-refractivity contribution in [2.45, 2.75) is 59.0 Å². The van der Waals surface area contributed by atoms with Crippen molar-refractivity contribution >= 4 is 28.9 Å². The number of carbonyl (C=O) groups excluding carboxylic acids is 2. The first kappa shape index (κ1) is 28.5. The van der Waals surface area contributed by atoms with Crippen LogP contribution >= 0.6 is 0 Å². The molecule has 1 saturated heterocycles. The molecule has 0 saturated carbocycles. The minimum atomic E-state index is -0.217. The number of fused-ring (bicyclic) bond motifs is 4. The molecule has 8 nitrogen and oxygen atoms in total. The van der Waals surface area contributed by atoms with Gasteiger partial charge in [-0.1, -0.05) is 13.0 Å². The second-order valence-electron chi connectivity index (χ2n) is 11.3. The van der Waals surface area contributed by atoms with Gasteiger partial charge in [-0.2, -0.15) is 0 Å². The van der Waals surface area contributed by atoms with Gasteiger partial charge in [-0.15, -0.1) is 0 Å². The molecule has 0 spiro atoms. The molecule has 1 aromatic heterocycles. The Morgan fingerprint density at radius 2 is 1.66 bits per heavy atom. The summed E-state index contributed by atoms with van der Waals surface area (Å²) in [4.78, 5) is 43.6. The van der Waals surface area contributed by atoms with Crippen LogP contribution in [0, 0.1) is 5.92 Å². The molecular formula is C33H41N5O3. The van der Waals surface area contributed by atoms with Gasteiger partial charge < -0.3 is 25.0 Å². The van der Waals surface area contributed by atoms with Gasteiger partial charge in [0, 0.05) is 73.3 Å². The Kier molecular flexibility index (Phi) is 8.47. The molecule has 3 atom stereocenters. The van der Waals surface area contributed by atoms with E-state index in [-0.39, 0.29) is 29.3 Å². The van der Waals surface area contributed by atoms with Crippen molar-refractivity contribution in [1.82, 2.24) is 9.88 Å². The van der Waals surface area contributed by atoms with Crippen LogP contribution in [0.3, 0.4) is 0 Å². The zero-order valence-corrected chi connectivity index (χ0v) is 24.5. The highest BCUT2D eigenvalue weighted by Crippen LogP contribution is 2.39. The van der Waals surface area contributed by atoms with Crippen LogP contribution in [0.5, 0.6) is 0 Å². The number of nitrogens with zero attached hydrogens (tertiary/aromatic N) is 3. The standard InChI is InChI=1S/C33H41N5O3/c1-5-22(4)34-33(41)25-13-16-30(37-19-23-17-26(21-37)29-9-8-10-31(39)38(29)20-23)28(18-25)35-32(40)24-11-14-27(15-12-24)36(6-2)7-3/h8-16,18,22-23,26H,5-7,17,19-21H2,1-4H3,(H,34,41)(H,35,40)/t22-,23+,26-/m0/s1. The molecule has 0 radical (unpaired) electrons. The monoisotopic (exact) mass is 555 g/mol. The van der Waals surface area contributed by atoms with Crippen LogP contribution in [0.4, 0.5) is 17.1 Å². The third kappa shape index (κ3) is 6.01. The van der Waals surface area contributed by atoms with Gasteiger partial charge in [0.1, 0.15) is 0 Å². The smallest absolute Gasteiger partial charge is 0.255 e. The Bertz CT molecular complexity index is 1460. The molecule has 2 bridgehead atoms. The van der Waals surface area contributed by atoms with E-state index in [0.717, 1.165) is 56.1 Å². The highest BCUT2D eigenvalue weighted by Gasteiger charge is 2.35. The summed E-state index contributed by atoms with van der Waals surface area (Å²) in [5.74, 6) is 0.173. The van der Waals surface area contributed by atoms with E-state index in [1.165, 1.54) is 0 Å². The molecule has 2 aliphatic heterocycles. The van der Waals surface area contributed by atoms with Crippen LogP contribution < -0.4 is 26.0 Å². The van der Waals surface area contributed by atoms with E-state index in [0.29, 0.717) is 29.3 Å².